The van der Waals surface area contributed by atoms with Crippen molar-refractivity contribution in [3.05, 3.63) is 52.2 Å². The van der Waals surface area contributed by atoms with Crippen LogP contribution in [0, 0.1) is 0 Å². The molecule has 12 heteroatoms. The summed E-state index contributed by atoms with van der Waals surface area (Å²) < 4.78 is 13.2. The average molecular weight is 708 g/mol. The standard InChI is InChI=1S/C12H4Br4Cl5O2P/c13-7-1-5(17)2-8(14)11(7)22-24(19,20,21)23-12-9(15)3-6(18)4-10(12)16/h1-4H. The third-order valence-corrected chi connectivity index (χ3v) is 7.35. The van der Waals surface area contributed by atoms with E-state index >= 15 is 0 Å². The Kier molecular flexibility index (Phi) is 7.44. The molecular formula is C12H4Br4Cl5O2P. The van der Waals surface area contributed by atoms with E-state index in [1.165, 1.54) is 0 Å². The van der Waals surface area contributed by atoms with Crippen molar-refractivity contribution in [3.63, 3.8) is 0 Å². The van der Waals surface area contributed by atoms with Gasteiger partial charge in [-0.2, -0.15) is 0 Å². The monoisotopic (exact) mass is 702 g/mol. The summed E-state index contributed by atoms with van der Waals surface area (Å²) in [6.07, 6.45) is 0. The van der Waals surface area contributed by atoms with Crippen LogP contribution in [0.5, 0.6) is 11.5 Å². The summed E-state index contributed by atoms with van der Waals surface area (Å²) in [4.78, 5) is 0. The second-order valence-electron chi connectivity index (χ2n) is 4.26. The van der Waals surface area contributed by atoms with E-state index in [1.807, 2.05) is 0 Å². The van der Waals surface area contributed by atoms with Crippen molar-refractivity contribution in [1.29, 1.82) is 0 Å². The van der Waals surface area contributed by atoms with E-state index in [0.717, 1.165) is 0 Å². The number of hydrogen-bond acceptors (Lipinski definition) is 2. The molecule has 0 heterocycles. The zero-order valence-electron chi connectivity index (χ0n) is 11.0. The minimum absolute atomic E-state index is 0.248. The van der Waals surface area contributed by atoms with Crippen molar-refractivity contribution in [1.82, 2.24) is 0 Å². The summed E-state index contributed by atoms with van der Waals surface area (Å²) in [5.74, 6) is 0.497. The van der Waals surface area contributed by atoms with Gasteiger partial charge in [-0.1, -0.05) is 0 Å². The number of benzene rings is 2. The van der Waals surface area contributed by atoms with Crippen LogP contribution in [-0.4, -0.2) is 0 Å². The van der Waals surface area contributed by atoms with Gasteiger partial charge in [-0.3, -0.25) is 0 Å². The first-order valence-electron chi connectivity index (χ1n) is 5.72. The van der Waals surface area contributed by atoms with E-state index in [0.29, 0.717) is 27.9 Å². The molecule has 0 aliphatic heterocycles. The summed E-state index contributed by atoms with van der Waals surface area (Å²) in [5, 5.41) is -3.67. The van der Waals surface area contributed by atoms with Gasteiger partial charge in [0.2, 0.25) is 0 Å². The topological polar surface area (TPSA) is 18.5 Å². The molecule has 0 bridgehead atoms. The van der Waals surface area contributed by atoms with Crippen LogP contribution in [0.15, 0.2) is 42.2 Å². The maximum atomic E-state index is 6.30. The quantitative estimate of drug-likeness (QED) is 0.295. The molecule has 0 spiro atoms. The van der Waals surface area contributed by atoms with Crippen LogP contribution < -0.4 is 9.05 Å². The van der Waals surface area contributed by atoms with Gasteiger partial charge < -0.3 is 0 Å². The molecule has 0 saturated carbocycles. The molecule has 0 N–H and O–H groups in total. The molecule has 0 unspecified atom stereocenters. The third kappa shape index (κ3) is 5.92. The van der Waals surface area contributed by atoms with Gasteiger partial charge in [0, 0.05) is 0 Å². The Hall–Kier alpha value is 1.84. The van der Waals surface area contributed by atoms with Crippen LogP contribution in [0.3, 0.4) is 0 Å². The van der Waals surface area contributed by atoms with Gasteiger partial charge >= 0.3 is 199 Å². The summed E-state index contributed by atoms with van der Waals surface area (Å²) in [7, 11) is 0. The molecule has 132 valence electrons. The van der Waals surface area contributed by atoms with Crippen LogP contribution in [-0.2, 0) is 0 Å². The van der Waals surface area contributed by atoms with E-state index in [4.69, 9.17) is 66.0 Å². The van der Waals surface area contributed by atoms with Crippen molar-refractivity contribution >= 4 is 126 Å². The van der Waals surface area contributed by atoms with Gasteiger partial charge in [-0.25, -0.2) is 0 Å². The summed E-state index contributed by atoms with van der Waals surface area (Å²) in [6, 6.07) is 6.42. The first kappa shape index (κ1) is 22.1. The molecule has 0 saturated heterocycles. The molecule has 0 fully saturated rings. The predicted molar refractivity (Wildman–Crippen MR) is 119 cm³/mol. The molecule has 2 aromatic rings. The van der Waals surface area contributed by atoms with E-state index in [1.54, 1.807) is 24.3 Å². The molecular weight excluding hydrogens is 704 g/mol. The van der Waals surface area contributed by atoms with Gasteiger partial charge in [0.25, 0.3) is 0 Å². The molecule has 0 atom stereocenters. The van der Waals surface area contributed by atoms with E-state index < -0.39 is 5.12 Å². The molecule has 0 aliphatic carbocycles. The molecule has 2 aromatic carbocycles. The molecule has 2 rings (SSSR count). The zero-order chi connectivity index (χ0) is 18.3. The van der Waals surface area contributed by atoms with Gasteiger partial charge in [-0.15, -0.1) is 0 Å². The van der Waals surface area contributed by atoms with Crippen molar-refractivity contribution < 1.29 is 9.05 Å². The average Bonchev–Trinajstić information content (AvgIpc) is 2.38. The van der Waals surface area contributed by atoms with Gasteiger partial charge in [0.15, 0.2) is 0 Å². The summed E-state index contributed by atoms with van der Waals surface area (Å²) in [5.41, 5.74) is 0. The summed E-state index contributed by atoms with van der Waals surface area (Å²) >= 11 is 44.0. The Bertz CT molecular complexity index is 702. The van der Waals surface area contributed by atoms with E-state index in [9.17, 15) is 0 Å². The van der Waals surface area contributed by atoms with Gasteiger partial charge in [-0.05, 0) is 0 Å². The van der Waals surface area contributed by atoms with Crippen LogP contribution in [0.4, 0.5) is 0 Å². The SMILES string of the molecule is Clc1cc(Br)c(OP(Cl)(Cl)(Cl)Oc2c(Br)cc(Cl)cc2Br)c(Br)c1. The second-order valence-corrected chi connectivity index (χ2v) is 17.4. The molecule has 0 aliphatic rings. The second kappa shape index (κ2) is 8.06. The Morgan fingerprint density at radius 3 is 1.12 bits per heavy atom. The fourth-order valence-electron chi connectivity index (χ4n) is 1.53. The molecule has 0 amide bonds. The Balaban J connectivity index is 2.42. The van der Waals surface area contributed by atoms with Crippen LogP contribution in [0.25, 0.3) is 0 Å². The predicted octanol–water partition coefficient (Wildman–Crippen LogP) is 10.3. The zero-order valence-corrected chi connectivity index (χ0v) is 22.0. The fourth-order valence-corrected chi connectivity index (χ4v) is 7.93. The third-order valence-electron chi connectivity index (χ3n) is 2.39. The van der Waals surface area contributed by atoms with Crippen LogP contribution >= 0.6 is 126 Å². The number of halogens is 9. The van der Waals surface area contributed by atoms with Crippen LogP contribution in [0.1, 0.15) is 0 Å². The van der Waals surface area contributed by atoms with Crippen molar-refractivity contribution in [2.45, 2.75) is 0 Å². The van der Waals surface area contributed by atoms with E-state index in [-0.39, 0.29) is 11.5 Å². The number of rotatable bonds is 4. The molecule has 2 nitrogen and oxygen atoms in total. The summed E-state index contributed by atoms with van der Waals surface area (Å²) in [6.45, 7) is 0. The van der Waals surface area contributed by atoms with Gasteiger partial charge in [0.1, 0.15) is 0 Å². The van der Waals surface area contributed by atoms with Gasteiger partial charge in [0.05, 0.1) is 0 Å². The molecule has 0 radical (unpaired) electrons. The van der Waals surface area contributed by atoms with Crippen molar-refractivity contribution in [3.8, 4) is 11.5 Å². The minimum atomic E-state index is -4.62. The molecule has 0 aromatic heterocycles. The first-order valence-corrected chi connectivity index (χ1v) is 14.4. The Morgan fingerprint density at radius 1 is 0.625 bits per heavy atom. The first-order chi connectivity index (χ1) is 10.9. The van der Waals surface area contributed by atoms with Crippen molar-refractivity contribution in [2.75, 3.05) is 0 Å². The number of hydrogen-bond donors (Lipinski definition) is 0. The van der Waals surface area contributed by atoms with E-state index in [2.05, 4.69) is 63.7 Å². The normalized spacial score (nSPS) is 13.3. The van der Waals surface area contributed by atoms with Crippen molar-refractivity contribution in [2.24, 2.45) is 0 Å². The van der Waals surface area contributed by atoms with Crippen LogP contribution in [0.2, 0.25) is 10.0 Å². The molecule has 24 heavy (non-hydrogen) atoms. The maximum absolute atomic E-state index is 6.30. The Labute approximate surface area is 196 Å². The fraction of sp³-hybridized carbons (Fsp3) is 0. The Morgan fingerprint density at radius 2 is 0.875 bits per heavy atom.